The number of aromatic carboxylic acids is 1. The van der Waals surface area contributed by atoms with Crippen LogP contribution in [0, 0.1) is 0 Å². The van der Waals surface area contributed by atoms with Crippen LogP contribution in [-0.4, -0.2) is 57.2 Å². The Kier molecular flexibility index (Phi) is 6.74. The molecule has 1 atom stereocenters. The maximum absolute atomic E-state index is 11.1. The Morgan fingerprint density at radius 2 is 1.70 bits per heavy atom. The number of carboxylic acid groups (broad SMARTS) is 1. The van der Waals surface area contributed by atoms with Gasteiger partial charge in [0.25, 0.3) is 0 Å². The molecule has 170 valence electrons. The van der Waals surface area contributed by atoms with Gasteiger partial charge in [-0.3, -0.25) is 4.90 Å². The summed E-state index contributed by atoms with van der Waals surface area (Å²) in [6.07, 6.45) is 1.73. The van der Waals surface area contributed by atoms with Crippen LogP contribution in [0.2, 0.25) is 0 Å². The van der Waals surface area contributed by atoms with E-state index in [1.807, 2.05) is 6.07 Å². The van der Waals surface area contributed by atoms with Crippen molar-refractivity contribution in [3.05, 3.63) is 71.9 Å². The third-order valence-electron chi connectivity index (χ3n) is 6.09. The Balaban J connectivity index is 0.00000259. The highest BCUT2D eigenvalue weighted by Crippen LogP contribution is 2.30. The van der Waals surface area contributed by atoms with Gasteiger partial charge in [-0.15, -0.1) is 12.4 Å². The number of halogens is 1. The fourth-order valence-corrected chi connectivity index (χ4v) is 4.17. The summed E-state index contributed by atoms with van der Waals surface area (Å²) in [5.74, 6) is -0.183. The molecule has 7 nitrogen and oxygen atoms in total. The molecular weight excluding hydrogens is 440 g/mol. The average molecular weight is 465 g/mol. The number of carboxylic acids is 1. The van der Waals surface area contributed by atoms with Crippen LogP contribution in [0.3, 0.4) is 0 Å². The van der Waals surface area contributed by atoms with Crippen molar-refractivity contribution in [2.75, 3.05) is 26.3 Å². The summed E-state index contributed by atoms with van der Waals surface area (Å²) in [6.45, 7) is 5.71. The summed E-state index contributed by atoms with van der Waals surface area (Å²) in [5, 5.41) is 9.14. The zero-order valence-electron chi connectivity index (χ0n) is 18.2. The Hall–Kier alpha value is -3.26. The molecule has 1 aliphatic heterocycles. The molecule has 33 heavy (non-hydrogen) atoms. The van der Waals surface area contributed by atoms with E-state index in [9.17, 15) is 4.79 Å². The molecule has 1 saturated heterocycles. The van der Waals surface area contributed by atoms with E-state index in [0.29, 0.717) is 11.7 Å². The van der Waals surface area contributed by atoms with Crippen LogP contribution >= 0.6 is 12.4 Å². The van der Waals surface area contributed by atoms with Gasteiger partial charge in [-0.1, -0.05) is 36.4 Å². The number of benzene rings is 2. The van der Waals surface area contributed by atoms with Crippen molar-refractivity contribution in [2.45, 2.75) is 13.0 Å². The van der Waals surface area contributed by atoms with Gasteiger partial charge in [-0.2, -0.15) is 0 Å². The number of hydrogen-bond acceptors (Lipinski definition) is 5. The Morgan fingerprint density at radius 3 is 2.36 bits per heavy atom. The van der Waals surface area contributed by atoms with Crippen molar-refractivity contribution >= 4 is 29.5 Å². The monoisotopic (exact) mass is 464 g/mol. The minimum absolute atomic E-state index is 0. The van der Waals surface area contributed by atoms with E-state index in [4.69, 9.17) is 14.8 Å². The number of hydrogen-bond donors (Lipinski definition) is 2. The second kappa shape index (κ2) is 9.70. The molecule has 0 bridgehead atoms. The van der Waals surface area contributed by atoms with Crippen LogP contribution in [0.1, 0.15) is 28.9 Å². The van der Waals surface area contributed by atoms with Gasteiger partial charge < -0.3 is 14.8 Å². The number of imidazole rings is 1. The van der Waals surface area contributed by atoms with E-state index in [-0.39, 0.29) is 18.0 Å². The number of morpholine rings is 1. The van der Waals surface area contributed by atoms with Gasteiger partial charge in [0, 0.05) is 36.5 Å². The standard InChI is InChI=1S/C25H24N4O3.ClH/c1-16(29-12-14-32-15-13-29)17-2-6-19(7-3-17)23-27-22-21(10-11-26-24(22)28-23)18-4-8-20(9-5-18)25(30)31;/h2-11,16H,12-15H2,1H3,(H,30,31)(H,26,27,28);1H. The molecule has 8 heteroatoms. The first-order valence-electron chi connectivity index (χ1n) is 10.7. The van der Waals surface area contributed by atoms with Gasteiger partial charge in [0.1, 0.15) is 11.3 Å². The summed E-state index contributed by atoms with van der Waals surface area (Å²) in [5.41, 5.74) is 5.79. The summed E-state index contributed by atoms with van der Waals surface area (Å²) in [4.78, 5) is 26.2. The lowest BCUT2D eigenvalue weighted by Gasteiger charge is -2.32. The number of pyridine rings is 1. The van der Waals surface area contributed by atoms with Crippen molar-refractivity contribution in [1.82, 2.24) is 19.9 Å². The van der Waals surface area contributed by atoms with Gasteiger partial charge >= 0.3 is 5.97 Å². The molecular formula is C25H25ClN4O3. The molecule has 2 aromatic heterocycles. The minimum Gasteiger partial charge on any atom is -0.478 e. The van der Waals surface area contributed by atoms with Crippen LogP contribution in [0.15, 0.2) is 60.8 Å². The summed E-state index contributed by atoms with van der Waals surface area (Å²) in [7, 11) is 0. The number of H-pyrrole nitrogens is 1. The second-order valence-electron chi connectivity index (χ2n) is 7.97. The predicted octanol–water partition coefficient (Wildman–Crippen LogP) is 4.81. The molecule has 3 heterocycles. The van der Waals surface area contributed by atoms with Crippen LogP contribution in [0.4, 0.5) is 0 Å². The fourth-order valence-electron chi connectivity index (χ4n) is 4.17. The number of ether oxygens (including phenoxy) is 1. The molecule has 0 amide bonds. The highest BCUT2D eigenvalue weighted by molar-refractivity contribution is 5.93. The Labute approximate surface area is 197 Å². The van der Waals surface area contributed by atoms with Crippen LogP contribution < -0.4 is 0 Å². The van der Waals surface area contributed by atoms with E-state index >= 15 is 0 Å². The van der Waals surface area contributed by atoms with Gasteiger partial charge in [0.15, 0.2) is 5.65 Å². The smallest absolute Gasteiger partial charge is 0.335 e. The molecule has 1 fully saturated rings. The van der Waals surface area contributed by atoms with Gasteiger partial charge in [-0.05, 0) is 36.2 Å². The van der Waals surface area contributed by atoms with Crippen molar-refractivity contribution in [1.29, 1.82) is 0 Å². The van der Waals surface area contributed by atoms with Crippen LogP contribution in [0.5, 0.6) is 0 Å². The van der Waals surface area contributed by atoms with Crippen molar-refractivity contribution in [3.63, 3.8) is 0 Å². The summed E-state index contributed by atoms with van der Waals surface area (Å²) < 4.78 is 5.46. The van der Waals surface area contributed by atoms with Gasteiger partial charge in [0.2, 0.25) is 0 Å². The summed E-state index contributed by atoms with van der Waals surface area (Å²) >= 11 is 0. The molecule has 1 unspecified atom stereocenters. The summed E-state index contributed by atoms with van der Waals surface area (Å²) in [6, 6.07) is 17.5. The molecule has 0 aliphatic carbocycles. The van der Waals surface area contributed by atoms with Gasteiger partial charge in [-0.25, -0.2) is 14.8 Å². The normalized spacial score (nSPS) is 15.2. The lowest BCUT2D eigenvalue weighted by Crippen LogP contribution is -2.37. The predicted molar refractivity (Wildman–Crippen MR) is 130 cm³/mol. The van der Waals surface area contributed by atoms with E-state index in [2.05, 4.69) is 46.1 Å². The maximum atomic E-state index is 11.1. The number of fused-ring (bicyclic) bond motifs is 1. The topological polar surface area (TPSA) is 91.3 Å². The number of nitrogens with zero attached hydrogens (tertiary/aromatic N) is 3. The zero-order valence-corrected chi connectivity index (χ0v) is 19.0. The first-order valence-corrected chi connectivity index (χ1v) is 10.7. The van der Waals surface area contributed by atoms with E-state index in [0.717, 1.165) is 54.3 Å². The number of aromatic nitrogens is 3. The Bertz CT molecular complexity index is 1250. The third kappa shape index (κ3) is 4.61. The molecule has 4 aromatic rings. The van der Waals surface area contributed by atoms with E-state index in [1.54, 1.807) is 30.5 Å². The first kappa shape index (κ1) is 22.9. The molecule has 2 N–H and O–H groups in total. The molecule has 0 saturated carbocycles. The molecule has 1 aliphatic rings. The molecule has 5 rings (SSSR count). The quantitative estimate of drug-likeness (QED) is 0.440. The average Bonchev–Trinajstić information content (AvgIpc) is 3.29. The van der Waals surface area contributed by atoms with Crippen LogP contribution in [0.25, 0.3) is 33.7 Å². The molecule has 0 spiro atoms. The number of nitrogens with one attached hydrogen (secondary N) is 1. The second-order valence-corrected chi connectivity index (χ2v) is 7.97. The minimum atomic E-state index is -0.940. The largest absolute Gasteiger partial charge is 0.478 e. The highest BCUT2D eigenvalue weighted by atomic mass is 35.5. The highest BCUT2D eigenvalue weighted by Gasteiger charge is 2.19. The molecule has 0 radical (unpaired) electrons. The van der Waals surface area contributed by atoms with E-state index in [1.165, 1.54) is 5.56 Å². The number of carbonyl (C=O) groups is 1. The lowest BCUT2D eigenvalue weighted by atomic mass is 10.0. The third-order valence-corrected chi connectivity index (χ3v) is 6.09. The zero-order chi connectivity index (χ0) is 22.1. The van der Waals surface area contributed by atoms with Crippen molar-refractivity contribution in [2.24, 2.45) is 0 Å². The Morgan fingerprint density at radius 1 is 1.03 bits per heavy atom. The first-order chi connectivity index (χ1) is 15.6. The van der Waals surface area contributed by atoms with Crippen molar-refractivity contribution in [3.8, 4) is 22.5 Å². The fraction of sp³-hybridized carbons (Fsp3) is 0.240. The SMILES string of the molecule is CC(c1ccc(-c2nc3c(-c4ccc(C(=O)O)cc4)ccnc3[nH]2)cc1)N1CCOCC1.Cl. The number of aromatic amines is 1. The van der Waals surface area contributed by atoms with E-state index < -0.39 is 5.97 Å². The number of rotatable bonds is 5. The van der Waals surface area contributed by atoms with Crippen molar-refractivity contribution < 1.29 is 14.6 Å². The molecule has 2 aromatic carbocycles. The maximum Gasteiger partial charge on any atom is 0.335 e. The van der Waals surface area contributed by atoms with Gasteiger partial charge in [0.05, 0.1) is 18.8 Å². The van der Waals surface area contributed by atoms with Crippen LogP contribution in [-0.2, 0) is 4.74 Å². The lowest BCUT2D eigenvalue weighted by molar-refractivity contribution is 0.0198.